The van der Waals surface area contributed by atoms with Crippen LogP contribution in [0.5, 0.6) is 0 Å². The summed E-state index contributed by atoms with van der Waals surface area (Å²) in [5, 5.41) is 12.4. The minimum Gasteiger partial charge on any atom is -0.481 e. The van der Waals surface area contributed by atoms with E-state index in [-0.39, 0.29) is 24.6 Å². The number of aryl methyl sites for hydroxylation is 1. The monoisotopic (exact) mass is 254 g/mol. The van der Waals surface area contributed by atoms with Crippen LogP contribution in [0, 0.1) is 6.92 Å². The average Bonchev–Trinajstić information content (AvgIpc) is 2.62. The van der Waals surface area contributed by atoms with Crippen LogP contribution in [0.3, 0.4) is 0 Å². The van der Waals surface area contributed by atoms with E-state index >= 15 is 0 Å². The summed E-state index contributed by atoms with van der Waals surface area (Å²) >= 11 is 0. The number of rotatable bonds is 4. The van der Waals surface area contributed by atoms with E-state index in [0.717, 1.165) is 0 Å². The smallest absolute Gasteiger partial charge is 0.305 e. The third-order valence-corrected chi connectivity index (χ3v) is 2.45. The summed E-state index contributed by atoms with van der Waals surface area (Å²) < 4.78 is 4.86. The van der Waals surface area contributed by atoms with Gasteiger partial charge >= 0.3 is 5.97 Å². The van der Waals surface area contributed by atoms with E-state index in [2.05, 4.69) is 5.16 Å². The first kappa shape index (κ1) is 14.2. The van der Waals surface area contributed by atoms with E-state index in [1.165, 1.54) is 4.90 Å². The van der Waals surface area contributed by atoms with E-state index in [9.17, 15) is 9.59 Å². The Kier molecular flexibility index (Phi) is 4.11. The highest BCUT2D eigenvalue weighted by Gasteiger charge is 2.29. The second-order valence-corrected chi connectivity index (χ2v) is 5.09. The lowest BCUT2D eigenvalue weighted by atomic mass is 10.0. The van der Waals surface area contributed by atoms with Crippen molar-refractivity contribution in [2.24, 2.45) is 0 Å². The van der Waals surface area contributed by atoms with E-state index in [0.29, 0.717) is 5.76 Å². The maximum Gasteiger partial charge on any atom is 0.305 e. The summed E-state index contributed by atoms with van der Waals surface area (Å²) in [6, 6.07) is 1.54. The zero-order valence-electron chi connectivity index (χ0n) is 11.1. The average molecular weight is 254 g/mol. The molecule has 1 heterocycles. The highest BCUT2D eigenvalue weighted by molar-refractivity contribution is 5.93. The molecule has 1 aromatic rings. The zero-order chi connectivity index (χ0) is 13.9. The largest absolute Gasteiger partial charge is 0.481 e. The van der Waals surface area contributed by atoms with Crippen LogP contribution in [-0.4, -0.2) is 39.1 Å². The van der Waals surface area contributed by atoms with E-state index in [1.807, 2.05) is 20.8 Å². The Morgan fingerprint density at radius 2 is 2.06 bits per heavy atom. The molecule has 6 nitrogen and oxygen atoms in total. The Morgan fingerprint density at radius 1 is 1.44 bits per heavy atom. The highest BCUT2D eigenvalue weighted by Crippen LogP contribution is 2.17. The van der Waals surface area contributed by atoms with Crippen molar-refractivity contribution in [3.05, 3.63) is 17.5 Å². The lowest BCUT2D eigenvalue weighted by molar-refractivity contribution is -0.137. The summed E-state index contributed by atoms with van der Waals surface area (Å²) in [5.41, 5.74) is -0.271. The quantitative estimate of drug-likeness (QED) is 0.884. The van der Waals surface area contributed by atoms with Gasteiger partial charge in [-0.25, -0.2) is 0 Å². The van der Waals surface area contributed by atoms with Crippen LogP contribution in [0.1, 0.15) is 43.4 Å². The molecular formula is C12H18N2O4. The third kappa shape index (κ3) is 3.58. The van der Waals surface area contributed by atoms with Crippen molar-refractivity contribution < 1.29 is 19.2 Å². The molecule has 0 saturated heterocycles. The number of hydrogen-bond donors (Lipinski definition) is 1. The zero-order valence-corrected chi connectivity index (χ0v) is 11.1. The molecule has 0 radical (unpaired) electrons. The molecule has 0 fully saturated rings. The molecule has 0 aliphatic carbocycles. The van der Waals surface area contributed by atoms with Gasteiger partial charge in [0.1, 0.15) is 5.76 Å². The predicted octanol–water partition coefficient (Wildman–Crippen LogP) is 1.70. The van der Waals surface area contributed by atoms with Gasteiger partial charge in [0, 0.05) is 18.2 Å². The highest BCUT2D eigenvalue weighted by atomic mass is 16.5. The van der Waals surface area contributed by atoms with Gasteiger partial charge in [0.2, 0.25) is 0 Å². The minimum atomic E-state index is -0.937. The summed E-state index contributed by atoms with van der Waals surface area (Å²) in [6.07, 6.45) is -0.0974. The van der Waals surface area contributed by atoms with Crippen molar-refractivity contribution in [3.63, 3.8) is 0 Å². The first-order chi connectivity index (χ1) is 8.21. The van der Waals surface area contributed by atoms with Crippen LogP contribution in [0.2, 0.25) is 0 Å². The molecule has 0 bridgehead atoms. The van der Waals surface area contributed by atoms with Gasteiger partial charge in [0.25, 0.3) is 5.91 Å². The number of carbonyl (C=O) groups is 2. The molecule has 1 rings (SSSR count). The van der Waals surface area contributed by atoms with Crippen LogP contribution in [0.15, 0.2) is 10.6 Å². The minimum absolute atomic E-state index is 0.0974. The number of carboxylic acids is 1. The molecule has 0 aliphatic rings. The fourth-order valence-electron chi connectivity index (χ4n) is 1.55. The maximum absolute atomic E-state index is 12.2. The van der Waals surface area contributed by atoms with Crippen molar-refractivity contribution >= 4 is 11.9 Å². The van der Waals surface area contributed by atoms with Crippen molar-refractivity contribution in [3.8, 4) is 0 Å². The predicted molar refractivity (Wildman–Crippen MR) is 64.3 cm³/mol. The first-order valence-electron chi connectivity index (χ1n) is 5.69. The molecule has 1 aromatic heterocycles. The van der Waals surface area contributed by atoms with Crippen LogP contribution in [0.25, 0.3) is 0 Å². The number of carboxylic acid groups (broad SMARTS) is 1. The van der Waals surface area contributed by atoms with Crippen LogP contribution in [-0.2, 0) is 4.79 Å². The van der Waals surface area contributed by atoms with E-state index in [4.69, 9.17) is 9.63 Å². The lowest BCUT2D eigenvalue weighted by Crippen LogP contribution is -2.46. The lowest BCUT2D eigenvalue weighted by Gasteiger charge is -2.34. The Morgan fingerprint density at radius 3 is 2.44 bits per heavy atom. The van der Waals surface area contributed by atoms with Gasteiger partial charge in [-0.15, -0.1) is 0 Å². The standard InChI is InChI=1S/C12H18N2O4/c1-8-7-9(13-18-8)11(17)14(12(2,3)4)6-5-10(15)16/h7H,5-6H2,1-4H3,(H,15,16). The molecule has 100 valence electrons. The number of hydrogen-bond acceptors (Lipinski definition) is 4. The SMILES string of the molecule is Cc1cc(C(=O)N(CCC(=O)O)C(C)(C)C)no1. The van der Waals surface area contributed by atoms with Crippen molar-refractivity contribution in [1.82, 2.24) is 10.1 Å². The molecule has 0 aromatic carbocycles. The van der Waals surface area contributed by atoms with Gasteiger partial charge in [0.05, 0.1) is 6.42 Å². The molecule has 0 spiro atoms. The molecular weight excluding hydrogens is 236 g/mol. The van der Waals surface area contributed by atoms with Gasteiger partial charge in [0.15, 0.2) is 5.69 Å². The molecule has 0 saturated carbocycles. The maximum atomic E-state index is 12.2. The van der Waals surface area contributed by atoms with Crippen molar-refractivity contribution in [1.29, 1.82) is 0 Å². The van der Waals surface area contributed by atoms with E-state index in [1.54, 1.807) is 13.0 Å². The number of amides is 1. The van der Waals surface area contributed by atoms with Gasteiger partial charge in [-0.1, -0.05) is 5.16 Å². The third-order valence-electron chi connectivity index (χ3n) is 2.45. The molecule has 0 aliphatic heterocycles. The summed E-state index contributed by atoms with van der Waals surface area (Å²) in [6.45, 7) is 7.38. The normalized spacial score (nSPS) is 11.3. The second kappa shape index (κ2) is 5.20. The summed E-state index contributed by atoms with van der Waals surface area (Å²) in [5.74, 6) is -0.709. The van der Waals surface area contributed by atoms with Gasteiger partial charge in [-0.05, 0) is 27.7 Å². The van der Waals surface area contributed by atoms with E-state index < -0.39 is 11.5 Å². The summed E-state index contributed by atoms with van der Waals surface area (Å²) in [4.78, 5) is 24.3. The Labute approximate surface area is 106 Å². The Hall–Kier alpha value is -1.85. The number of carbonyl (C=O) groups excluding carboxylic acids is 1. The summed E-state index contributed by atoms with van der Waals surface area (Å²) in [7, 11) is 0. The fraction of sp³-hybridized carbons (Fsp3) is 0.583. The van der Waals surface area contributed by atoms with Crippen molar-refractivity contribution in [2.45, 2.75) is 39.7 Å². The Bertz CT molecular complexity index is 445. The number of aromatic nitrogens is 1. The van der Waals surface area contributed by atoms with Gasteiger partial charge < -0.3 is 14.5 Å². The van der Waals surface area contributed by atoms with Crippen LogP contribution < -0.4 is 0 Å². The van der Waals surface area contributed by atoms with Crippen LogP contribution in [0.4, 0.5) is 0 Å². The second-order valence-electron chi connectivity index (χ2n) is 5.09. The molecule has 6 heteroatoms. The Balaban J connectivity index is 2.89. The molecule has 1 N–H and O–H groups in total. The topological polar surface area (TPSA) is 83.6 Å². The number of aliphatic carboxylic acids is 1. The fourth-order valence-corrected chi connectivity index (χ4v) is 1.55. The van der Waals surface area contributed by atoms with Gasteiger partial charge in [-0.3, -0.25) is 9.59 Å². The first-order valence-corrected chi connectivity index (χ1v) is 5.69. The molecule has 0 unspecified atom stereocenters. The number of nitrogens with zero attached hydrogens (tertiary/aromatic N) is 2. The van der Waals surface area contributed by atoms with Crippen molar-refractivity contribution in [2.75, 3.05) is 6.54 Å². The van der Waals surface area contributed by atoms with Crippen LogP contribution >= 0.6 is 0 Å². The molecule has 1 amide bonds. The molecule has 0 atom stereocenters. The molecule has 18 heavy (non-hydrogen) atoms. The van der Waals surface area contributed by atoms with Gasteiger partial charge in [-0.2, -0.15) is 0 Å².